The third-order valence-corrected chi connectivity index (χ3v) is 9.76. The number of hydrogen-bond acceptors (Lipinski definition) is 5. The Morgan fingerprint density at radius 2 is 2.03 bits per heavy atom. The van der Waals surface area contributed by atoms with E-state index in [2.05, 4.69) is 13.8 Å². The van der Waals surface area contributed by atoms with Crippen molar-refractivity contribution >= 4 is 5.97 Å². The number of carbonyl (C=O) groups is 1. The van der Waals surface area contributed by atoms with Gasteiger partial charge in [-0.05, 0) is 85.7 Å². The molecular formula is C27H36O5. The highest BCUT2D eigenvalue weighted by Gasteiger charge is 2.57. The first-order valence-corrected chi connectivity index (χ1v) is 12.3. The van der Waals surface area contributed by atoms with Crippen molar-refractivity contribution in [2.24, 2.45) is 29.1 Å². The SMILES string of the molecule is CC1=C(CO)C(=O)O[C@@H]([C@@H](C)[C@H]2CC[C@@H]3[C@H]4C[C@@H](O)c5cccc(O)c5[C@@H]4CC[C@]23C)C1. The topological polar surface area (TPSA) is 87.0 Å². The summed E-state index contributed by atoms with van der Waals surface area (Å²) < 4.78 is 5.82. The maximum absolute atomic E-state index is 12.4. The fraction of sp³-hybridized carbons (Fsp3) is 0.667. The molecule has 5 nitrogen and oxygen atoms in total. The average Bonchev–Trinajstić information content (AvgIpc) is 3.11. The molecule has 32 heavy (non-hydrogen) atoms. The van der Waals surface area contributed by atoms with Crippen LogP contribution in [0, 0.1) is 29.1 Å². The number of cyclic esters (lactones) is 1. The number of benzene rings is 1. The first-order chi connectivity index (χ1) is 15.3. The molecule has 0 aromatic heterocycles. The van der Waals surface area contributed by atoms with Crippen LogP contribution in [-0.4, -0.2) is 34.0 Å². The molecule has 174 valence electrons. The quantitative estimate of drug-likeness (QED) is 0.597. The van der Waals surface area contributed by atoms with Crippen molar-refractivity contribution in [2.75, 3.05) is 6.61 Å². The van der Waals surface area contributed by atoms with E-state index >= 15 is 0 Å². The molecule has 0 radical (unpaired) electrons. The van der Waals surface area contributed by atoms with Crippen LogP contribution in [0.5, 0.6) is 5.75 Å². The third-order valence-electron chi connectivity index (χ3n) is 9.76. The van der Waals surface area contributed by atoms with E-state index in [4.69, 9.17) is 4.74 Å². The molecule has 3 N–H and O–H groups in total. The van der Waals surface area contributed by atoms with Gasteiger partial charge in [0.1, 0.15) is 11.9 Å². The Labute approximate surface area is 190 Å². The van der Waals surface area contributed by atoms with E-state index in [0.29, 0.717) is 41.4 Å². The lowest BCUT2D eigenvalue weighted by Crippen LogP contribution is -2.46. The van der Waals surface area contributed by atoms with Gasteiger partial charge < -0.3 is 20.1 Å². The third kappa shape index (κ3) is 3.15. The van der Waals surface area contributed by atoms with E-state index in [0.717, 1.165) is 48.8 Å². The van der Waals surface area contributed by atoms with Crippen molar-refractivity contribution in [2.45, 2.75) is 77.4 Å². The van der Waals surface area contributed by atoms with E-state index in [1.165, 1.54) is 0 Å². The summed E-state index contributed by atoms with van der Waals surface area (Å²) in [5.74, 6) is 1.86. The van der Waals surface area contributed by atoms with Crippen molar-refractivity contribution in [3.8, 4) is 5.75 Å². The molecule has 1 aromatic carbocycles. The van der Waals surface area contributed by atoms with Crippen LogP contribution < -0.4 is 0 Å². The maximum Gasteiger partial charge on any atom is 0.336 e. The van der Waals surface area contributed by atoms with Gasteiger partial charge in [-0.15, -0.1) is 0 Å². The molecule has 1 aromatic rings. The second-order valence-corrected chi connectivity index (χ2v) is 11.1. The molecule has 1 aliphatic heterocycles. The molecular weight excluding hydrogens is 404 g/mol. The number of hydrogen-bond donors (Lipinski definition) is 3. The highest BCUT2D eigenvalue weighted by atomic mass is 16.5. The second-order valence-electron chi connectivity index (χ2n) is 11.1. The van der Waals surface area contributed by atoms with Gasteiger partial charge in [0.15, 0.2) is 0 Å². The number of rotatable bonds is 3. The number of fused-ring (bicyclic) bond motifs is 5. The summed E-state index contributed by atoms with van der Waals surface area (Å²) in [5.41, 5.74) is 3.40. The van der Waals surface area contributed by atoms with Gasteiger partial charge in [0.05, 0.1) is 18.3 Å². The summed E-state index contributed by atoms with van der Waals surface area (Å²) in [6.07, 6.45) is 5.16. The molecule has 0 amide bonds. The van der Waals surface area contributed by atoms with E-state index < -0.39 is 6.10 Å². The fourth-order valence-corrected chi connectivity index (χ4v) is 8.13. The van der Waals surface area contributed by atoms with Crippen molar-refractivity contribution in [1.29, 1.82) is 0 Å². The molecule has 0 spiro atoms. The highest BCUT2D eigenvalue weighted by Crippen LogP contribution is 2.66. The molecule has 0 bridgehead atoms. The zero-order chi connectivity index (χ0) is 22.8. The molecule has 0 saturated heterocycles. The van der Waals surface area contributed by atoms with Gasteiger partial charge in [0.2, 0.25) is 0 Å². The molecule has 3 aliphatic carbocycles. The van der Waals surface area contributed by atoms with Crippen LogP contribution in [0.2, 0.25) is 0 Å². The molecule has 1 heterocycles. The van der Waals surface area contributed by atoms with Crippen LogP contribution in [0.25, 0.3) is 0 Å². The Morgan fingerprint density at radius 3 is 2.75 bits per heavy atom. The monoisotopic (exact) mass is 440 g/mol. The lowest BCUT2D eigenvalue weighted by Gasteiger charge is -2.53. The molecule has 5 heteroatoms. The van der Waals surface area contributed by atoms with Crippen LogP contribution >= 0.6 is 0 Å². The molecule has 2 fully saturated rings. The normalized spacial score (nSPS) is 39.7. The van der Waals surface area contributed by atoms with Gasteiger partial charge in [-0.2, -0.15) is 0 Å². The molecule has 5 rings (SSSR count). The number of ether oxygens (including phenoxy) is 1. The Bertz CT molecular complexity index is 951. The number of phenols is 1. The fourth-order valence-electron chi connectivity index (χ4n) is 8.13. The van der Waals surface area contributed by atoms with E-state index in [-0.39, 0.29) is 30.0 Å². The van der Waals surface area contributed by atoms with Crippen molar-refractivity contribution in [3.63, 3.8) is 0 Å². The van der Waals surface area contributed by atoms with Crippen LogP contribution in [0.4, 0.5) is 0 Å². The van der Waals surface area contributed by atoms with Gasteiger partial charge in [0, 0.05) is 12.0 Å². The van der Waals surface area contributed by atoms with Gasteiger partial charge >= 0.3 is 5.97 Å². The van der Waals surface area contributed by atoms with Crippen LogP contribution in [0.15, 0.2) is 29.3 Å². The van der Waals surface area contributed by atoms with Gasteiger partial charge in [-0.25, -0.2) is 4.79 Å². The number of carbonyl (C=O) groups excluding carboxylic acids is 1. The smallest absolute Gasteiger partial charge is 0.336 e. The van der Waals surface area contributed by atoms with Crippen molar-refractivity contribution in [3.05, 3.63) is 40.5 Å². The largest absolute Gasteiger partial charge is 0.508 e. The van der Waals surface area contributed by atoms with Crippen LogP contribution in [0.1, 0.15) is 82.4 Å². The van der Waals surface area contributed by atoms with Crippen LogP contribution in [-0.2, 0) is 9.53 Å². The summed E-state index contributed by atoms with van der Waals surface area (Å²) >= 11 is 0. The number of esters is 1. The summed E-state index contributed by atoms with van der Waals surface area (Å²) in [4.78, 5) is 12.4. The highest BCUT2D eigenvalue weighted by molar-refractivity contribution is 5.90. The second kappa shape index (κ2) is 7.88. The minimum absolute atomic E-state index is 0.141. The number of aromatic hydroxyl groups is 1. The van der Waals surface area contributed by atoms with Gasteiger partial charge in [-0.3, -0.25) is 0 Å². The number of aliphatic hydroxyl groups excluding tert-OH is 2. The van der Waals surface area contributed by atoms with Gasteiger partial charge in [-0.1, -0.05) is 31.6 Å². The predicted octanol–water partition coefficient (Wildman–Crippen LogP) is 4.62. The van der Waals surface area contributed by atoms with E-state index in [1.54, 1.807) is 6.07 Å². The Balaban J connectivity index is 1.40. The standard InChI is InChI=1S/C27H36O5/c1-14-11-24(32-26(31)19(14)13-28)15(2)20-7-8-21-18-12-23(30)17-5-4-6-22(29)25(17)16(18)9-10-27(20,21)3/h4-6,15-16,18,20-21,23-24,28-30H,7-13H2,1-3H3/t15-,16+,18-,20+,21+,23+,24+,27+/m0/s1. The first-order valence-electron chi connectivity index (χ1n) is 12.3. The zero-order valence-corrected chi connectivity index (χ0v) is 19.4. The Kier molecular flexibility index (Phi) is 5.41. The average molecular weight is 441 g/mol. The summed E-state index contributed by atoms with van der Waals surface area (Å²) in [6, 6.07) is 5.56. The predicted molar refractivity (Wildman–Crippen MR) is 121 cm³/mol. The molecule has 8 atom stereocenters. The molecule has 4 aliphatic rings. The summed E-state index contributed by atoms with van der Waals surface area (Å²) in [5, 5.41) is 31.0. The minimum Gasteiger partial charge on any atom is -0.508 e. The lowest BCUT2D eigenvalue weighted by atomic mass is 9.52. The number of phenolic OH excluding ortho intramolecular Hbond substituents is 1. The molecule has 2 saturated carbocycles. The summed E-state index contributed by atoms with van der Waals surface area (Å²) in [7, 11) is 0. The summed E-state index contributed by atoms with van der Waals surface area (Å²) in [6.45, 7) is 6.33. The zero-order valence-electron chi connectivity index (χ0n) is 19.4. The first kappa shape index (κ1) is 22.0. The minimum atomic E-state index is -0.513. The Hall–Kier alpha value is -1.85. The van der Waals surface area contributed by atoms with Crippen LogP contribution in [0.3, 0.4) is 0 Å². The van der Waals surface area contributed by atoms with Crippen molar-refractivity contribution < 1.29 is 24.9 Å². The lowest BCUT2D eigenvalue weighted by molar-refractivity contribution is -0.152. The Morgan fingerprint density at radius 1 is 1.25 bits per heavy atom. The number of aliphatic hydroxyl groups is 2. The van der Waals surface area contributed by atoms with E-state index in [9.17, 15) is 20.1 Å². The maximum atomic E-state index is 12.4. The van der Waals surface area contributed by atoms with E-state index in [1.807, 2.05) is 19.1 Å². The van der Waals surface area contributed by atoms with Crippen molar-refractivity contribution in [1.82, 2.24) is 0 Å². The molecule has 0 unspecified atom stereocenters. The van der Waals surface area contributed by atoms with Gasteiger partial charge in [0.25, 0.3) is 0 Å².